The minimum Gasteiger partial charge on any atom is -0.497 e. The second-order valence-electron chi connectivity index (χ2n) is 7.33. The maximum atomic E-state index is 12.8. The van der Waals surface area contributed by atoms with E-state index in [2.05, 4.69) is 10.6 Å². The Bertz CT molecular complexity index is 965. The normalized spacial score (nSPS) is 17.2. The zero-order chi connectivity index (χ0) is 23.1. The maximum absolute atomic E-state index is 12.8. The Labute approximate surface area is 186 Å². The van der Waals surface area contributed by atoms with Crippen molar-refractivity contribution in [3.63, 3.8) is 0 Å². The van der Waals surface area contributed by atoms with Gasteiger partial charge in [0.15, 0.2) is 0 Å². The average Bonchev–Trinajstić information content (AvgIpc) is 2.81. The molecule has 0 bridgehead atoms. The maximum Gasteiger partial charge on any atom is 0.408 e. The molecular formula is C23H27N3O6. The third kappa shape index (κ3) is 5.48. The highest BCUT2D eigenvalue weighted by Crippen LogP contribution is 2.30. The molecule has 9 nitrogen and oxygen atoms in total. The van der Waals surface area contributed by atoms with Crippen LogP contribution in [-0.4, -0.2) is 55.7 Å². The van der Waals surface area contributed by atoms with E-state index in [9.17, 15) is 14.4 Å². The van der Waals surface area contributed by atoms with E-state index >= 15 is 0 Å². The quantitative estimate of drug-likeness (QED) is 0.576. The average molecular weight is 441 g/mol. The Hall–Kier alpha value is -3.75. The molecule has 2 aromatic rings. The van der Waals surface area contributed by atoms with E-state index in [4.69, 9.17) is 14.2 Å². The van der Waals surface area contributed by atoms with Gasteiger partial charge in [-0.25, -0.2) is 4.79 Å². The lowest BCUT2D eigenvalue weighted by atomic mass is 9.93. The summed E-state index contributed by atoms with van der Waals surface area (Å²) in [5, 5.41) is 5.33. The van der Waals surface area contributed by atoms with Crippen LogP contribution in [0.1, 0.15) is 18.1 Å². The van der Waals surface area contributed by atoms with Crippen LogP contribution in [0, 0.1) is 0 Å². The molecule has 3 rings (SSSR count). The molecule has 1 aliphatic rings. The number of methoxy groups -OCH3 is 2. The molecule has 2 aromatic carbocycles. The van der Waals surface area contributed by atoms with Gasteiger partial charge in [-0.1, -0.05) is 30.3 Å². The lowest BCUT2D eigenvalue weighted by molar-refractivity contribution is -0.152. The van der Waals surface area contributed by atoms with Crippen LogP contribution >= 0.6 is 0 Å². The second kappa shape index (κ2) is 10.5. The SMILES string of the molecule is COc1ccc(CN2C(=O)C(NC(=O)OCc3ccccc3)C2CNC(C)=O)c(OC)c1. The van der Waals surface area contributed by atoms with Crippen LogP contribution in [0.2, 0.25) is 0 Å². The summed E-state index contributed by atoms with van der Waals surface area (Å²) in [6, 6.07) is 13.3. The number of hydrogen-bond donors (Lipinski definition) is 2. The highest BCUT2D eigenvalue weighted by Gasteiger charge is 2.48. The smallest absolute Gasteiger partial charge is 0.408 e. The van der Waals surface area contributed by atoms with Gasteiger partial charge in [0, 0.05) is 31.6 Å². The summed E-state index contributed by atoms with van der Waals surface area (Å²) >= 11 is 0. The van der Waals surface area contributed by atoms with Crippen LogP contribution in [0.25, 0.3) is 0 Å². The lowest BCUT2D eigenvalue weighted by Gasteiger charge is -2.47. The minimum absolute atomic E-state index is 0.0940. The largest absolute Gasteiger partial charge is 0.497 e. The van der Waals surface area contributed by atoms with Crippen LogP contribution in [0.4, 0.5) is 4.79 Å². The van der Waals surface area contributed by atoms with Crippen LogP contribution in [0.5, 0.6) is 11.5 Å². The van der Waals surface area contributed by atoms with E-state index in [1.54, 1.807) is 24.1 Å². The van der Waals surface area contributed by atoms with E-state index in [0.29, 0.717) is 11.5 Å². The number of ether oxygens (including phenoxy) is 3. The number of nitrogens with one attached hydrogen (secondary N) is 2. The number of hydrogen-bond acceptors (Lipinski definition) is 6. The Morgan fingerprint density at radius 3 is 2.47 bits per heavy atom. The van der Waals surface area contributed by atoms with Gasteiger partial charge in [-0.05, 0) is 17.7 Å². The molecule has 32 heavy (non-hydrogen) atoms. The fraction of sp³-hybridized carbons (Fsp3) is 0.348. The molecule has 3 amide bonds. The molecule has 2 N–H and O–H groups in total. The van der Waals surface area contributed by atoms with E-state index < -0.39 is 18.2 Å². The first-order valence-electron chi connectivity index (χ1n) is 10.2. The van der Waals surface area contributed by atoms with Gasteiger partial charge in [-0.15, -0.1) is 0 Å². The molecule has 2 unspecified atom stereocenters. The zero-order valence-corrected chi connectivity index (χ0v) is 18.3. The van der Waals surface area contributed by atoms with Crippen LogP contribution < -0.4 is 20.1 Å². The van der Waals surface area contributed by atoms with Crippen molar-refractivity contribution in [3.05, 3.63) is 59.7 Å². The molecule has 0 aliphatic carbocycles. The number of β-lactam (4-membered cyclic amide) rings is 1. The summed E-state index contributed by atoms with van der Waals surface area (Å²) in [7, 11) is 3.10. The Balaban J connectivity index is 1.66. The Morgan fingerprint density at radius 1 is 1.06 bits per heavy atom. The molecule has 0 saturated carbocycles. The number of benzene rings is 2. The summed E-state index contributed by atoms with van der Waals surface area (Å²) in [6.07, 6.45) is -0.693. The van der Waals surface area contributed by atoms with Crippen LogP contribution in [-0.2, 0) is 27.5 Å². The molecule has 1 fully saturated rings. The van der Waals surface area contributed by atoms with Crippen molar-refractivity contribution in [1.29, 1.82) is 0 Å². The molecule has 170 valence electrons. The van der Waals surface area contributed by atoms with Crippen molar-refractivity contribution >= 4 is 17.9 Å². The van der Waals surface area contributed by atoms with Crippen molar-refractivity contribution in [2.45, 2.75) is 32.2 Å². The summed E-state index contributed by atoms with van der Waals surface area (Å²) in [5.41, 5.74) is 1.62. The third-order valence-electron chi connectivity index (χ3n) is 5.22. The first kappa shape index (κ1) is 22.9. The molecule has 1 aliphatic heterocycles. The standard InChI is InChI=1S/C23H27N3O6/c1-15(27)24-12-19-21(25-23(29)32-14-16-7-5-4-6-8-16)22(28)26(19)13-17-9-10-18(30-2)11-20(17)31-3/h4-11,19,21H,12-14H2,1-3H3,(H,24,27)(H,25,29). The Morgan fingerprint density at radius 2 is 1.81 bits per heavy atom. The van der Waals surface area contributed by atoms with Gasteiger partial charge in [-0.2, -0.15) is 0 Å². The fourth-order valence-electron chi connectivity index (χ4n) is 3.49. The minimum atomic E-state index is -0.797. The molecule has 0 spiro atoms. The van der Waals surface area contributed by atoms with Gasteiger partial charge in [0.25, 0.3) is 0 Å². The lowest BCUT2D eigenvalue weighted by Crippen LogP contribution is -2.72. The number of carbonyl (C=O) groups excluding carboxylic acids is 3. The molecule has 1 heterocycles. The molecule has 1 saturated heterocycles. The molecule has 2 atom stereocenters. The van der Waals surface area contributed by atoms with Gasteiger partial charge in [0.1, 0.15) is 24.1 Å². The van der Waals surface area contributed by atoms with E-state index in [1.165, 1.54) is 14.0 Å². The zero-order valence-electron chi connectivity index (χ0n) is 18.3. The number of nitrogens with zero attached hydrogens (tertiary/aromatic N) is 1. The number of amides is 3. The summed E-state index contributed by atoms with van der Waals surface area (Å²) < 4.78 is 15.9. The van der Waals surface area contributed by atoms with Gasteiger partial charge >= 0.3 is 6.09 Å². The van der Waals surface area contributed by atoms with Crippen molar-refractivity contribution in [2.24, 2.45) is 0 Å². The number of rotatable bonds is 9. The molecule has 9 heteroatoms. The first-order valence-corrected chi connectivity index (χ1v) is 10.2. The van der Waals surface area contributed by atoms with Gasteiger partial charge in [0.05, 0.1) is 20.3 Å². The molecule has 0 radical (unpaired) electrons. The van der Waals surface area contributed by atoms with Crippen LogP contribution in [0.3, 0.4) is 0 Å². The fourth-order valence-corrected chi connectivity index (χ4v) is 3.49. The van der Waals surface area contributed by atoms with Crippen molar-refractivity contribution < 1.29 is 28.6 Å². The number of carbonyl (C=O) groups is 3. The predicted octanol–water partition coefficient (Wildman–Crippen LogP) is 1.85. The topological polar surface area (TPSA) is 106 Å². The van der Waals surface area contributed by atoms with Crippen LogP contribution in [0.15, 0.2) is 48.5 Å². The van der Waals surface area contributed by atoms with E-state index in [-0.39, 0.29) is 31.5 Å². The molecular weight excluding hydrogens is 414 g/mol. The third-order valence-corrected chi connectivity index (χ3v) is 5.22. The molecule has 0 aromatic heterocycles. The van der Waals surface area contributed by atoms with Gasteiger partial charge < -0.3 is 29.7 Å². The summed E-state index contributed by atoms with van der Waals surface area (Å²) in [4.78, 5) is 38.1. The summed E-state index contributed by atoms with van der Waals surface area (Å²) in [6.45, 7) is 1.95. The van der Waals surface area contributed by atoms with E-state index in [1.807, 2.05) is 36.4 Å². The van der Waals surface area contributed by atoms with Crippen molar-refractivity contribution in [2.75, 3.05) is 20.8 Å². The summed E-state index contributed by atoms with van der Waals surface area (Å²) in [5.74, 6) is 0.719. The predicted molar refractivity (Wildman–Crippen MR) is 116 cm³/mol. The van der Waals surface area contributed by atoms with Crippen molar-refractivity contribution in [1.82, 2.24) is 15.5 Å². The highest BCUT2D eigenvalue weighted by atomic mass is 16.5. The number of alkyl carbamates (subject to hydrolysis) is 1. The van der Waals surface area contributed by atoms with Gasteiger partial charge in [-0.3, -0.25) is 9.59 Å². The first-order chi connectivity index (χ1) is 15.4. The van der Waals surface area contributed by atoms with Gasteiger partial charge in [0.2, 0.25) is 11.8 Å². The Kier molecular flexibility index (Phi) is 7.54. The van der Waals surface area contributed by atoms with Crippen molar-refractivity contribution in [3.8, 4) is 11.5 Å². The monoisotopic (exact) mass is 441 g/mol. The highest BCUT2D eigenvalue weighted by molar-refractivity contribution is 5.92. The number of likely N-dealkylation sites (tertiary alicyclic amines) is 1. The van der Waals surface area contributed by atoms with E-state index in [0.717, 1.165) is 11.1 Å². The second-order valence-corrected chi connectivity index (χ2v) is 7.33.